The summed E-state index contributed by atoms with van der Waals surface area (Å²) in [6, 6.07) is 7.68. The molecule has 0 unspecified atom stereocenters. The number of benzene rings is 1. The van der Waals surface area contributed by atoms with Crippen molar-refractivity contribution in [1.29, 1.82) is 0 Å². The number of hydrogen-bond donors (Lipinski definition) is 1. The second kappa shape index (κ2) is 12.6. The minimum atomic E-state index is -1.67. The molecule has 1 aromatic carbocycles. The lowest BCUT2D eigenvalue weighted by molar-refractivity contribution is 0.178. The SMILES string of the molecule is CCCCCCCCCc1ccc(CN(SN(C)C(=O)O)C(=O)F)cc1. The predicted molar refractivity (Wildman–Crippen MR) is 104 cm³/mol. The van der Waals surface area contributed by atoms with E-state index in [4.69, 9.17) is 5.11 Å². The molecule has 0 aromatic heterocycles. The van der Waals surface area contributed by atoms with E-state index in [1.807, 2.05) is 24.3 Å². The average Bonchev–Trinajstić information content (AvgIpc) is 2.61. The van der Waals surface area contributed by atoms with Crippen molar-refractivity contribution in [3.63, 3.8) is 0 Å². The second-order valence-electron chi connectivity index (χ2n) is 6.34. The largest absolute Gasteiger partial charge is 0.464 e. The summed E-state index contributed by atoms with van der Waals surface area (Å²) in [6.07, 6.45) is 6.97. The molecule has 26 heavy (non-hydrogen) atoms. The summed E-state index contributed by atoms with van der Waals surface area (Å²) in [5.41, 5.74) is 1.97. The summed E-state index contributed by atoms with van der Waals surface area (Å²) in [6.45, 7) is 2.23. The molecule has 7 heteroatoms. The maximum Gasteiger partial charge on any atom is 0.418 e. The van der Waals surface area contributed by atoms with Crippen LogP contribution >= 0.6 is 12.1 Å². The highest BCUT2D eigenvalue weighted by atomic mass is 32.2. The zero-order chi connectivity index (χ0) is 19.4. The monoisotopic (exact) mass is 384 g/mol. The fourth-order valence-corrected chi connectivity index (χ4v) is 3.21. The van der Waals surface area contributed by atoms with Crippen molar-refractivity contribution in [2.75, 3.05) is 7.05 Å². The molecule has 0 atom stereocenters. The number of amides is 2. The van der Waals surface area contributed by atoms with E-state index in [9.17, 15) is 14.0 Å². The van der Waals surface area contributed by atoms with Gasteiger partial charge in [0.15, 0.2) is 0 Å². The van der Waals surface area contributed by atoms with Crippen LogP contribution in [0.2, 0.25) is 0 Å². The van der Waals surface area contributed by atoms with Crippen LogP contribution < -0.4 is 0 Å². The van der Waals surface area contributed by atoms with Gasteiger partial charge in [-0.2, -0.15) is 0 Å². The van der Waals surface area contributed by atoms with Crippen LogP contribution in [0.25, 0.3) is 0 Å². The molecule has 146 valence electrons. The zero-order valence-corrected chi connectivity index (χ0v) is 16.4. The number of hydrogen-bond acceptors (Lipinski definition) is 3. The van der Waals surface area contributed by atoms with Gasteiger partial charge < -0.3 is 5.11 Å². The first-order chi connectivity index (χ1) is 12.4. The number of rotatable bonds is 12. The van der Waals surface area contributed by atoms with Crippen molar-refractivity contribution in [2.24, 2.45) is 0 Å². The molecule has 0 saturated carbocycles. The third-order valence-electron chi connectivity index (χ3n) is 4.10. The van der Waals surface area contributed by atoms with Gasteiger partial charge in [-0.25, -0.2) is 18.2 Å². The zero-order valence-electron chi connectivity index (χ0n) is 15.6. The Kier molecular flexibility index (Phi) is 10.8. The summed E-state index contributed by atoms with van der Waals surface area (Å²) in [4.78, 5) is 21.9. The molecular weight excluding hydrogens is 355 g/mol. The van der Waals surface area contributed by atoms with Crippen LogP contribution in [-0.4, -0.2) is 33.0 Å². The second-order valence-corrected chi connectivity index (χ2v) is 7.49. The first kappa shape index (κ1) is 22.3. The van der Waals surface area contributed by atoms with E-state index in [1.54, 1.807) is 0 Å². The van der Waals surface area contributed by atoms with E-state index in [0.29, 0.717) is 12.1 Å². The summed E-state index contributed by atoms with van der Waals surface area (Å²) < 4.78 is 14.7. The number of carbonyl (C=O) groups is 2. The summed E-state index contributed by atoms with van der Waals surface area (Å²) >= 11 is 0.527. The predicted octanol–water partition coefficient (Wildman–Crippen LogP) is 6.04. The van der Waals surface area contributed by atoms with Crippen molar-refractivity contribution in [3.8, 4) is 0 Å². The molecule has 0 bridgehead atoms. The van der Waals surface area contributed by atoms with Crippen LogP contribution in [0.5, 0.6) is 0 Å². The smallest absolute Gasteiger partial charge is 0.418 e. The molecule has 2 amide bonds. The van der Waals surface area contributed by atoms with Crippen molar-refractivity contribution >= 4 is 24.4 Å². The van der Waals surface area contributed by atoms with Gasteiger partial charge in [-0.3, -0.25) is 0 Å². The van der Waals surface area contributed by atoms with Crippen molar-refractivity contribution < 1.29 is 19.1 Å². The minimum absolute atomic E-state index is 0.00925. The number of nitrogens with zero attached hydrogens (tertiary/aromatic N) is 2. The Hall–Kier alpha value is -1.76. The van der Waals surface area contributed by atoms with Crippen LogP contribution in [0, 0.1) is 0 Å². The number of carbonyl (C=O) groups excluding carboxylic acids is 1. The fourth-order valence-electron chi connectivity index (χ4n) is 2.57. The molecule has 0 spiro atoms. The summed E-state index contributed by atoms with van der Waals surface area (Å²) in [5.74, 6) is 0. The maximum absolute atomic E-state index is 13.1. The Morgan fingerprint density at radius 2 is 1.54 bits per heavy atom. The third-order valence-corrected chi connectivity index (χ3v) is 4.98. The van der Waals surface area contributed by atoms with Crippen molar-refractivity contribution in [3.05, 3.63) is 35.4 Å². The molecule has 0 radical (unpaired) electrons. The molecule has 0 fully saturated rings. The topological polar surface area (TPSA) is 60.9 Å². The van der Waals surface area contributed by atoms with Crippen LogP contribution in [0.4, 0.5) is 14.0 Å². The molecule has 1 aromatic rings. The Morgan fingerprint density at radius 3 is 2.08 bits per heavy atom. The van der Waals surface area contributed by atoms with Crippen LogP contribution in [-0.2, 0) is 13.0 Å². The van der Waals surface area contributed by atoms with Gasteiger partial charge in [0.25, 0.3) is 0 Å². The van der Waals surface area contributed by atoms with Crippen molar-refractivity contribution in [1.82, 2.24) is 8.61 Å². The van der Waals surface area contributed by atoms with Gasteiger partial charge in [0.2, 0.25) is 0 Å². The first-order valence-electron chi connectivity index (χ1n) is 9.13. The fraction of sp³-hybridized carbons (Fsp3) is 0.579. The molecule has 0 aliphatic rings. The molecule has 0 aliphatic carbocycles. The van der Waals surface area contributed by atoms with E-state index >= 15 is 0 Å². The van der Waals surface area contributed by atoms with Gasteiger partial charge in [0.05, 0.1) is 18.7 Å². The van der Waals surface area contributed by atoms with Crippen LogP contribution in [0.3, 0.4) is 0 Å². The normalized spacial score (nSPS) is 10.6. The lowest BCUT2D eigenvalue weighted by atomic mass is 10.0. The Balaban J connectivity index is 2.40. The standard InChI is InChI=1S/C19H29FN2O3S/c1-3-4-5-6-7-8-9-10-16-11-13-17(14-12-16)15-22(18(20)23)26-21(2)19(24)25/h11-14H,3-10,15H2,1-2H3,(H,24,25). The van der Waals surface area contributed by atoms with Crippen molar-refractivity contribution in [2.45, 2.75) is 64.8 Å². The number of halogens is 1. The van der Waals surface area contributed by atoms with Gasteiger partial charge in [-0.15, -0.1) is 4.39 Å². The lowest BCUT2D eigenvalue weighted by Gasteiger charge is -2.21. The molecular formula is C19H29FN2O3S. The van der Waals surface area contributed by atoms with E-state index in [-0.39, 0.29) is 6.54 Å². The quantitative estimate of drug-likeness (QED) is 0.206. The average molecular weight is 385 g/mol. The highest BCUT2D eigenvalue weighted by molar-refractivity contribution is 7.95. The summed E-state index contributed by atoms with van der Waals surface area (Å²) in [5, 5.41) is 8.82. The molecule has 0 heterocycles. The van der Waals surface area contributed by atoms with Gasteiger partial charge in [-0.1, -0.05) is 69.7 Å². The van der Waals surface area contributed by atoms with Gasteiger partial charge in [0.1, 0.15) is 0 Å². The van der Waals surface area contributed by atoms with E-state index in [1.165, 1.54) is 51.1 Å². The minimum Gasteiger partial charge on any atom is -0.464 e. The maximum atomic E-state index is 13.1. The molecule has 1 N–H and O–H groups in total. The summed E-state index contributed by atoms with van der Waals surface area (Å²) in [7, 11) is 1.26. The van der Waals surface area contributed by atoms with Gasteiger partial charge in [-0.05, 0) is 24.0 Å². The van der Waals surface area contributed by atoms with E-state index in [0.717, 1.165) is 27.0 Å². The Labute approximate surface area is 159 Å². The third kappa shape index (κ3) is 9.08. The van der Waals surface area contributed by atoms with Crippen LogP contribution in [0.1, 0.15) is 63.0 Å². The molecule has 5 nitrogen and oxygen atoms in total. The number of aryl methyl sites for hydroxylation is 1. The van der Waals surface area contributed by atoms with Gasteiger partial charge in [0, 0.05) is 7.05 Å². The molecule has 0 saturated heterocycles. The Morgan fingerprint density at radius 1 is 1.00 bits per heavy atom. The molecule has 1 rings (SSSR count). The molecule has 0 aliphatic heterocycles. The van der Waals surface area contributed by atoms with Crippen LogP contribution in [0.15, 0.2) is 24.3 Å². The Bertz CT molecular complexity index is 554. The highest BCUT2D eigenvalue weighted by Crippen LogP contribution is 2.20. The number of carboxylic acid groups (broad SMARTS) is 1. The van der Waals surface area contributed by atoms with E-state index in [2.05, 4.69) is 6.92 Å². The van der Waals surface area contributed by atoms with Gasteiger partial charge >= 0.3 is 12.3 Å². The number of unbranched alkanes of at least 4 members (excludes halogenated alkanes) is 6. The lowest BCUT2D eigenvalue weighted by Crippen LogP contribution is -2.27. The van der Waals surface area contributed by atoms with E-state index < -0.39 is 12.3 Å². The highest BCUT2D eigenvalue weighted by Gasteiger charge is 2.19. The first-order valence-corrected chi connectivity index (χ1v) is 9.86.